The average Bonchev–Trinajstić information content (AvgIpc) is 3.00. The van der Waals surface area contributed by atoms with Crippen molar-refractivity contribution in [3.05, 3.63) is 18.4 Å². The fourth-order valence-corrected chi connectivity index (χ4v) is 6.77. The van der Waals surface area contributed by atoms with Gasteiger partial charge < -0.3 is 4.42 Å². The molecular formula is C14H11NO3. The van der Waals surface area contributed by atoms with E-state index >= 15 is 0 Å². The van der Waals surface area contributed by atoms with Gasteiger partial charge in [-0.25, -0.2) is 4.98 Å². The first-order valence-electron chi connectivity index (χ1n) is 6.75. The highest BCUT2D eigenvalue weighted by Crippen LogP contribution is 2.84. The van der Waals surface area contributed by atoms with Gasteiger partial charge in [-0.05, 0) is 30.1 Å². The summed E-state index contributed by atoms with van der Waals surface area (Å²) in [7, 11) is 0. The highest BCUT2D eigenvalue weighted by Gasteiger charge is 2.91. The Morgan fingerprint density at radius 3 is 2.94 bits per heavy atom. The number of hydrogen-bond donors (Lipinski definition) is 0. The van der Waals surface area contributed by atoms with E-state index in [1.807, 2.05) is 0 Å². The van der Waals surface area contributed by atoms with Crippen LogP contribution >= 0.6 is 0 Å². The van der Waals surface area contributed by atoms with Gasteiger partial charge in [-0.2, -0.15) is 0 Å². The lowest BCUT2D eigenvalue weighted by Crippen LogP contribution is -2.62. The zero-order valence-electron chi connectivity index (χ0n) is 9.58. The van der Waals surface area contributed by atoms with Crippen LogP contribution in [0.25, 0.3) is 0 Å². The minimum absolute atomic E-state index is 0.0209. The van der Waals surface area contributed by atoms with Gasteiger partial charge >= 0.3 is 0 Å². The maximum Gasteiger partial charge on any atom is 0.180 e. The number of carbonyl (C=O) groups is 2. The summed E-state index contributed by atoms with van der Waals surface area (Å²) in [6.45, 7) is 0. The second-order valence-electron chi connectivity index (χ2n) is 6.70. The number of aromatic nitrogens is 1. The zero-order valence-corrected chi connectivity index (χ0v) is 9.58. The number of oxazole rings is 1. The summed E-state index contributed by atoms with van der Waals surface area (Å²) >= 11 is 0. The molecule has 0 aliphatic heterocycles. The number of rotatable bonds is 1. The Balaban J connectivity index is 1.72. The van der Waals surface area contributed by atoms with Crippen molar-refractivity contribution in [2.24, 2.45) is 41.4 Å². The molecule has 1 heterocycles. The topological polar surface area (TPSA) is 60.2 Å². The molecule has 8 atom stereocenters. The van der Waals surface area contributed by atoms with Gasteiger partial charge in [-0.3, -0.25) is 9.59 Å². The molecule has 4 heteroatoms. The van der Waals surface area contributed by atoms with Crippen molar-refractivity contribution in [2.45, 2.75) is 11.8 Å². The first kappa shape index (κ1) is 8.62. The predicted molar refractivity (Wildman–Crippen MR) is 57.2 cm³/mol. The van der Waals surface area contributed by atoms with Crippen molar-refractivity contribution in [3.63, 3.8) is 0 Å². The molecule has 0 spiro atoms. The number of nitrogens with zero attached hydrogens (tertiary/aromatic N) is 1. The summed E-state index contributed by atoms with van der Waals surface area (Å²) in [5.74, 6) is 3.22. The number of ketones is 2. The zero-order chi connectivity index (χ0) is 11.8. The van der Waals surface area contributed by atoms with E-state index in [9.17, 15) is 9.59 Å². The van der Waals surface area contributed by atoms with Crippen LogP contribution in [0.1, 0.15) is 12.2 Å². The molecule has 4 nitrogen and oxygen atoms in total. The van der Waals surface area contributed by atoms with Crippen molar-refractivity contribution in [2.75, 3.05) is 0 Å². The molecule has 5 fully saturated rings. The Bertz CT molecular complexity index is 633. The molecule has 1 aromatic rings. The van der Waals surface area contributed by atoms with Gasteiger partial charge in [0.2, 0.25) is 0 Å². The molecule has 5 aliphatic rings. The van der Waals surface area contributed by atoms with E-state index in [0.29, 0.717) is 41.0 Å². The molecule has 0 radical (unpaired) electrons. The Morgan fingerprint density at radius 1 is 1.28 bits per heavy atom. The molecule has 5 aliphatic carbocycles. The molecule has 2 bridgehead atoms. The van der Waals surface area contributed by atoms with E-state index in [0.717, 1.165) is 6.42 Å². The van der Waals surface area contributed by atoms with Crippen LogP contribution in [0.5, 0.6) is 0 Å². The number of hydrogen-bond acceptors (Lipinski definition) is 4. The standard InChI is InChI=1S/C14H11NO3/c16-12-7-4-1-5-8(7)13(17)14(6-2-15-3-18-6)10(5)9(4)11(12)14/h2-5,7-11H,1H2. The normalized spacial score (nSPS) is 61.0. The van der Waals surface area contributed by atoms with Crippen molar-refractivity contribution in [3.8, 4) is 0 Å². The highest BCUT2D eigenvalue weighted by molar-refractivity contribution is 6.12. The molecule has 6 rings (SSSR count). The second-order valence-corrected chi connectivity index (χ2v) is 6.70. The third-order valence-corrected chi connectivity index (χ3v) is 6.81. The van der Waals surface area contributed by atoms with E-state index in [2.05, 4.69) is 4.98 Å². The van der Waals surface area contributed by atoms with Gasteiger partial charge in [0.15, 0.2) is 12.2 Å². The monoisotopic (exact) mass is 241 g/mol. The van der Waals surface area contributed by atoms with Crippen LogP contribution < -0.4 is 0 Å². The number of fused-ring (bicyclic) bond motifs is 2. The smallest absolute Gasteiger partial charge is 0.180 e. The maximum atomic E-state index is 12.8. The fourth-order valence-electron chi connectivity index (χ4n) is 6.77. The quantitative estimate of drug-likeness (QED) is 0.730. The SMILES string of the molecule is O=C1C2C3CC4C2C(=O)C2(c5cnco5)C1C3C42. The van der Waals surface area contributed by atoms with E-state index in [-0.39, 0.29) is 17.8 Å². The lowest BCUT2D eigenvalue weighted by atomic mass is 9.47. The van der Waals surface area contributed by atoms with E-state index < -0.39 is 5.41 Å². The number of carbonyl (C=O) groups excluding carboxylic acids is 2. The van der Waals surface area contributed by atoms with E-state index in [1.54, 1.807) is 6.20 Å². The molecule has 0 amide bonds. The van der Waals surface area contributed by atoms with Crippen molar-refractivity contribution >= 4 is 11.6 Å². The van der Waals surface area contributed by atoms with Gasteiger partial charge in [-0.15, -0.1) is 0 Å². The van der Waals surface area contributed by atoms with Crippen molar-refractivity contribution in [1.29, 1.82) is 0 Å². The first-order valence-corrected chi connectivity index (χ1v) is 6.75. The lowest BCUT2D eigenvalue weighted by molar-refractivity contribution is -0.151. The average molecular weight is 241 g/mol. The van der Waals surface area contributed by atoms with Crippen LogP contribution in [0.4, 0.5) is 0 Å². The molecular weight excluding hydrogens is 230 g/mol. The van der Waals surface area contributed by atoms with Gasteiger partial charge in [-0.1, -0.05) is 0 Å². The Kier molecular flexibility index (Phi) is 1.01. The molecule has 0 N–H and O–H groups in total. The van der Waals surface area contributed by atoms with Crippen LogP contribution in [-0.4, -0.2) is 16.6 Å². The minimum atomic E-state index is -0.588. The molecule has 18 heavy (non-hydrogen) atoms. The van der Waals surface area contributed by atoms with Gasteiger partial charge in [0, 0.05) is 17.8 Å². The molecule has 1 aromatic heterocycles. The molecule has 0 aromatic carbocycles. The number of Topliss-reactive ketones (excluding diaryl/α,β-unsaturated/α-hetero) is 2. The largest absolute Gasteiger partial charge is 0.447 e. The summed E-state index contributed by atoms with van der Waals surface area (Å²) in [5.41, 5.74) is -0.588. The summed E-state index contributed by atoms with van der Waals surface area (Å²) in [6, 6.07) is 0. The van der Waals surface area contributed by atoms with Gasteiger partial charge in [0.05, 0.1) is 6.20 Å². The summed E-state index contributed by atoms with van der Waals surface area (Å²) in [5, 5.41) is 0. The molecule has 0 saturated heterocycles. The van der Waals surface area contributed by atoms with Gasteiger partial charge in [0.25, 0.3) is 0 Å². The predicted octanol–water partition coefficient (Wildman–Crippen LogP) is 0.822. The third-order valence-electron chi connectivity index (χ3n) is 6.81. The van der Waals surface area contributed by atoms with Crippen LogP contribution in [-0.2, 0) is 15.0 Å². The highest BCUT2D eigenvalue weighted by atomic mass is 16.3. The molecule has 5 saturated carbocycles. The Morgan fingerprint density at radius 2 is 2.17 bits per heavy atom. The first-order chi connectivity index (χ1) is 8.78. The van der Waals surface area contributed by atoms with Crippen LogP contribution in [0, 0.1) is 41.4 Å². The summed E-state index contributed by atoms with van der Waals surface area (Å²) in [4.78, 5) is 29.3. The van der Waals surface area contributed by atoms with E-state index in [4.69, 9.17) is 4.42 Å². The minimum Gasteiger partial charge on any atom is -0.447 e. The van der Waals surface area contributed by atoms with Crippen LogP contribution in [0.2, 0.25) is 0 Å². The van der Waals surface area contributed by atoms with E-state index in [1.165, 1.54) is 6.39 Å². The summed E-state index contributed by atoms with van der Waals surface area (Å²) < 4.78 is 5.46. The lowest BCUT2D eigenvalue weighted by Gasteiger charge is -2.52. The van der Waals surface area contributed by atoms with Crippen LogP contribution in [0.15, 0.2) is 17.0 Å². The van der Waals surface area contributed by atoms with Crippen molar-refractivity contribution in [1.82, 2.24) is 4.98 Å². The molecule has 90 valence electrons. The second kappa shape index (κ2) is 2.10. The fraction of sp³-hybridized carbons (Fsp3) is 0.643. The Labute approximate surface area is 103 Å². The third kappa shape index (κ3) is 0.494. The Hall–Kier alpha value is -1.45. The maximum absolute atomic E-state index is 12.8. The van der Waals surface area contributed by atoms with Crippen molar-refractivity contribution < 1.29 is 14.0 Å². The molecule has 8 unspecified atom stereocenters. The summed E-state index contributed by atoms with van der Waals surface area (Å²) in [6.07, 6.45) is 4.15. The van der Waals surface area contributed by atoms with Crippen LogP contribution in [0.3, 0.4) is 0 Å². The van der Waals surface area contributed by atoms with Gasteiger partial charge in [0.1, 0.15) is 17.0 Å².